The number of rotatable bonds is 6. The zero-order valence-corrected chi connectivity index (χ0v) is 9.45. The van der Waals surface area contributed by atoms with Crippen molar-refractivity contribution in [2.45, 2.75) is 33.7 Å². The number of hydrogen-bond donors (Lipinski definition) is 1. The minimum atomic E-state index is 0.786. The van der Waals surface area contributed by atoms with Gasteiger partial charge in [0.2, 0.25) is 0 Å². The lowest BCUT2D eigenvalue weighted by atomic mass is 10.1. The molecule has 0 fully saturated rings. The van der Waals surface area contributed by atoms with Gasteiger partial charge >= 0.3 is 0 Å². The highest BCUT2D eigenvalue weighted by Crippen LogP contribution is 1.97. The molecule has 3 heteroatoms. The molecule has 0 saturated carbocycles. The SMILES string of the molecule is Cc1ccnn1CCNCCC(C)C. The van der Waals surface area contributed by atoms with Gasteiger partial charge in [-0.05, 0) is 31.9 Å². The van der Waals surface area contributed by atoms with Crippen molar-refractivity contribution in [1.82, 2.24) is 15.1 Å². The number of aryl methyl sites for hydroxylation is 1. The van der Waals surface area contributed by atoms with E-state index in [9.17, 15) is 0 Å². The molecule has 80 valence electrons. The Morgan fingerprint density at radius 3 is 2.79 bits per heavy atom. The topological polar surface area (TPSA) is 29.9 Å². The van der Waals surface area contributed by atoms with Crippen molar-refractivity contribution in [2.24, 2.45) is 5.92 Å². The molecule has 0 aromatic carbocycles. The first kappa shape index (κ1) is 11.2. The summed E-state index contributed by atoms with van der Waals surface area (Å²) in [4.78, 5) is 0. The fourth-order valence-electron chi connectivity index (χ4n) is 1.33. The van der Waals surface area contributed by atoms with Crippen LogP contribution < -0.4 is 5.32 Å². The third-order valence-electron chi connectivity index (χ3n) is 2.33. The Morgan fingerprint density at radius 1 is 1.43 bits per heavy atom. The average molecular weight is 195 g/mol. The van der Waals surface area contributed by atoms with Gasteiger partial charge in [-0.3, -0.25) is 4.68 Å². The molecule has 3 nitrogen and oxygen atoms in total. The highest BCUT2D eigenvalue weighted by Gasteiger charge is 1.96. The first-order valence-electron chi connectivity index (χ1n) is 5.39. The van der Waals surface area contributed by atoms with Gasteiger partial charge in [-0.1, -0.05) is 13.8 Å². The van der Waals surface area contributed by atoms with Crippen LogP contribution in [0.25, 0.3) is 0 Å². The lowest BCUT2D eigenvalue weighted by molar-refractivity contribution is 0.501. The Morgan fingerprint density at radius 2 is 2.21 bits per heavy atom. The second kappa shape index (κ2) is 5.81. The largest absolute Gasteiger partial charge is 0.315 e. The van der Waals surface area contributed by atoms with E-state index in [-0.39, 0.29) is 0 Å². The first-order valence-corrected chi connectivity index (χ1v) is 5.39. The molecule has 1 aromatic heterocycles. The van der Waals surface area contributed by atoms with Gasteiger partial charge < -0.3 is 5.32 Å². The molecule has 14 heavy (non-hydrogen) atoms. The summed E-state index contributed by atoms with van der Waals surface area (Å²) >= 11 is 0. The first-order chi connectivity index (χ1) is 6.70. The van der Waals surface area contributed by atoms with Crippen LogP contribution in [0.3, 0.4) is 0 Å². The van der Waals surface area contributed by atoms with Crippen molar-refractivity contribution in [3.63, 3.8) is 0 Å². The fraction of sp³-hybridized carbons (Fsp3) is 0.727. The van der Waals surface area contributed by atoms with Crippen molar-refractivity contribution in [2.75, 3.05) is 13.1 Å². The zero-order valence-electron chi connectivity index (χ0n) is 9.45. The summed E-state index contributed by atoms with van der Waals surface area (Å²) in [5, 5.41) is 7.65. The lowest BCUT2D eigenvalue weighted by Gasteiger charge is -2.07. The van der Waals surface area contributed by atoms with Crippen molar-refractivity contribution in [1.29, 1.82) is 0 Å². The molecule has 0 unspecified atom stereocenters. The number of nitrogens with one attached hydrogen (secondary N) is 1. The lowest BCUT2D eigenvalue weighted by Crippen LogP contribution is -2.22. The standard InChI is InChI=1S/C11H21N3/c1-10(2)4-6-12-8-9-14-11(3)5-7-13-14/h5,7,10,12H,4,6,8-9H2,1-3H3. The van der Waals surface area contributed by atoms with E-state index < -0.39 is 0 Å². The summed E-state index contributed by atoms with van der Waals surface area (Å²) in [5.74, 6) is 0.786. The van der Waals surface area contributed by atoms with E-state index in [0.29, 0.717) is 0 Å². The molecule has 0 spiro atoms. The minimum Gasteiger partial charge on any atom is -0.315 e. The van der Waals surface area contributed by atoms with Gasteiger partial charge in [0, 0.05) is 18.4 Å². The second-order valence-electron chi connectivity index (χ2n) is 4.13. The Bertz CT molecular complexity index is 253. The van der Waals surface area contributed by atoms with Crippen LogP contribution in [0, 0.1) is 12.8 Å². The highest BCUT2D eigenvalue weighted by atomic mass is 15.3. The Labute approximate surface area is 86.5 Å². The van der Waals surface area contributed by atoms with Crippen molar-refractivity contribution < 1.29 is 0 Å². The molecule has 0 aliphatic rings. The van der Waals surface area contributed by atoms with Gasteiger partial charge in [-0.2, -0.15) is 5.10 Å². The van der Waals surface area contributed by atoms with Crippen molar-refractivity contribution >= 4 is 0 Å². The molecule has 1 N–H and O–H groups in total. The summed E-state index contributed by atoms with van der Waals surface area (Å²) in [6, 6.07) is 2.04. The number of aromatic nitrogens is 2. The highest BCUT2D eigenvalue weighted by molar-refractivity contribution is 4.96. The third-order valence-corrected chi connectivity index (χ3v) is 2.33. The Kier molecular flexibility index (Phi) is 4.66. The fourth-order valence-corrected chi connectivity index (χ4v) is 1.33. The van der Waals surface area contributed by atoms with E-state index in [1.165, 1.54) is 12.1 Å². The molecule has 0 radical (unpaired) electrons. The second-order valence-corrected chi connectivity index (χ2v) is 4.13. The molecule has 1 aromatic rings. The maximum atomic E-state index is 4.23. The molecule has 1 heterocycles. The van der Waals surface area contributed by atoms with Crippen molar-refractivity contribution in [3.05, 3.63) is 18.0 Å². The summed E-state index contributed by atoms with van der Waals surface area (Å²) in [7, 11) is 0. The predicted molar refractivity (Wildman–Crippen MR) is 59.3 cm³/mol. The quantitative estimate of drug-likeness (QED) is 0.702. The van der Waals surface area contributed by atoms with Gasteiger partial charge in [0.05, 0.1) is 6.54 Å². The molecule has 0 saturated heterocycles. The molecule has 0 amide bonds. The van der Waals surface area contributed by atoms with Crippen LogP contribution in [0.5, 0.6) is 0 Å². The van der Waals surface area contributed by atoms with Gasteiger partial charge in [0.1, 0.15) is 0 Å². The number of hydrogen-bond acceptors (Lipinski definition) is 2. The minimum absolute atomic E-state index is 0.786. The summed E-state index contributed by atoms with van der Waals surface area (Å²) < 4.78 is 2.03. The van der Waals surface area contributed by atoms with Crippen LogP contribution in [0.1, 0.15) is 26.0 Å². The molecule has 1 rings (SSSR count). The summed E-state index contributed by atoms with van der Waals surface area (Å²) in [6.07, 6.45) is 3.10. The molecular formula is C11H21N3. The Hall–Kier alpha value is -0.830. The van der Waals surface area contributed by atoms with E-state index in [1.807, 2.05) is 16.9 Å². The molecule has 0 bridgehead atoms. The van der Waals surface area contributed by atoms with E-state index >= 15 is 0 Å². The normalized spacial score (nSPS) is 11.1. The molecular weight excluding hydrogens is 174 g/mol. The van der Waals surface area contributed by atoms with E-state index in [4.69, 9.17) is 0 Å². The van der Waals surface area contributed by atoms with Crippen LogP contribution in [0.4, 0.5) is 0 Å². The monoisotopic (exact) mass is 195 g/mol. The smallest absolute Gasteiger partial charge is 0.0537 e. The van der Waals surface area contributed by atoms with Crippen LogP contribution in [-0.4, -0.2) is 22.9 Å². The van der Waals surface area contributed by atoms with E-state index in [1.54, 1.807) is 0 Å². The number of nitrogens with zero attached hydrogens (tertiary/aromatic N) is 2. The molecule has 0 aliphatic carbocycles. The van der Waals surface area contributed by atoms with E-state index in [2.05, 4.69) is 31.2 Å². The van der Waals surface area contributed by atoms with Crippen molar-refractivity contribution in [3.8, 4) is 0 Å². The van der Waals surface area contributed by atoms with Crippen LogP contribution >= 0.6 is 0 Å². The Balaban J connectivity index is 2.08. The van der Waals surface area contributed by atoms with Gasteiger partial charge in [-0.25, -0.2) is 0 Å². The van der Waals surface area contributed by atoms with Gasteiger partial charge in [0.15, 0.2) is 0 Å². The zero-order chi connectivity index (χ0) is 10.4. The summed E-state index contributed by atoms with van der Waals surface area (Å²) in [6.45, 7) is 9.67. The van der Waals surface area contributed by atoms with E-state index in [0.717, 1.165) is 25.6 Å². The molecule has 0 aliphatic heterocycles. The van der Waals surface area contributed by atoms with Crippen LogP contribution in [0.15, 0.2) is 12.3 Å². The average Bonchev–Trinajstić information content (AvgIpc) is 2.51. The van der Waals surface area contributed by atoms with Crippen LogP contribution in [0.2, 0.25) is 0 Å². The summed E-state index contributed by atoms with van der Waals surface area (Å²) in [5.41, 5.74) is 1.23. The predicted octanol–water partition coefficient (Wildman–Crippen LogP) is 1.83. The van der Waals surface area contributed by atoms with Gasteiger partial charge in [0.25, 0.3) is 0 Å². The third kappa shape index (κ3) is 3.92. The van der Waals surface area contributed by atoms with Gasteiger partial charge in [-0.15, -0.1) is 0 Å². The maximum Gasteiger partial charge on any atom is 0.0537 e. The maximum absolute atomic E-state index is 4.23. The van der Waals surface area contributed by atoms with Crippen LogP contribution in [-0.2, 0) is 6.54 Å². The molecule has 0 atom stereocenters.